The van der Waals surface area contributed by atoms with E-state index in [1.54, 1.807) is 0 Å². The van der Waals surface area contributed by atoms with Crippen LogP contribution in [0.2, 0.25) is 5.02 Å². The van der Waals surface area contributed by atoms with Gasteiger partial charge in [-0.1, -0.05) is 24.6 Å². The number of rotatable bonds is 4. The van der Waals surface area contributed by atoms with E-state index >= 15 is 0 Å². The number of aromatic nitrogens is 2. The quantitative estimate of drug-likeness (QED) is 0.933. The molecule has 1 aromatic heterocycles. The predicted octanol–water partition coefficient (Wildman–Crippen LogP) is 3.51. The summed E-state index contributed by atoms with van der Waals surface area (Å²) in [5, 5.41) is 4.13. The zero-order valence-corrected chi connectivity index (χ0v) is 12.6. The molecule has 106 valence electrons. The van der Waals surface area contributed by atoms with Crippen molar-refractivity contribution in [3.63, 3.8) is 0 Å². The summed E-state index contributed by atoms with van der Waals surface area (Å²) in [5.41, 5.74) is 4.87. The van der Waals surface area contributed by atoms with Gasteiger partial charge in [-0.15, -0.1) is 0 Å². The van der Waals surface area contributed by atoms with E-state index in [-0.39, 0.29) is 0 Å². The lowest BCUT2D eigenvalue weighted by molar-refractivity contribution is 0.656. The molecule has 1 aromatic carbocycles. The summed E-state index contributed by atoms with van der Waals surface area (Å²) in [6, 6.07) is 6.29. The molecular weight excluding hydrogens is 270 g/mol. The Kier molecular flexibility index (Phi) is 4.08. The Hall–Kier alpha value is -1.32. The maximum atomic E-state index is 6.39. The molecule has 4 heteroatoms. The fraction of sp³-hybridized carbons (Fsp3) is 0.438. The molecule has 20 heavy (non-hydrogen) atoms. The number of nitrogens with zero attached hydrogens (tertiary/aromatic N) is 2. The summed E-state index contributed by atoms with van der Waals surface area (Å²) < 4.78 is 2.19. The van der Waals surface area contributed by atoms with E-state index in [1.807, 2.05) is 12.4 Å². The molecule has 0 saturated heterocycles. The van der Waals surface area contributed by atoms with Crippen molar-refractivity contribution in [2.75, 3.05) is 6.54 Å². The van der Waals surface area contributed by atoms with Gasteiger partial charge in [-0.2, -0.15) is 0 Å². The summed E-state index contributed by atoms with van der Waals surface area (Å²) in [6.07, 6.45) is 6.67. The van der Waals surface area contributed by atoms with Crippen LogP contribution in [0.3, 0.4) is 0 Å². The highest BCUT2D eigenvalue weighted by Crippen LogP contribution is 2.26. The summed E-state index contributed by atoms with van der Waals surface area (Å²) in [5.74, 6) is 0. The molecule has 0 bridgehead atoms. The third-order valence-corrected chi connectivity index (χ3v) is 4.26. The summed E-state index contributed by atoms with van der Waals surface area (Å²) >= 11 is 6.39. The Morgan fingerprint density at radius 1 is 1.30 bits per heavy atom. The molecule has 1 aliphatic carbocycles. The number of benzene rings is 1. The second kappa shape index (κ2) is 5.98. The molecule has 0 aliphatic heterocycles. The maximum absolute atomic E-state index is 6.39. The average Bonchev–Trinajstić information content (AvgIpc) is 2.90. The summed E-state index contributed by atoms with van der Waals surface area (Å²) in [4.78, 5) is 4.54. The molecule has 0 radical (unpaired) electrons. The van der Waals surface area contributed by atoms with E-state index in [9.17, 15) is 0 Å². The van der Waals surface area contributed by atoms with Gasteiger partial charge < -0.3 is 9.88 Å². The number of fused-ring (bicyclic) bond motifs is 1. The van der Waals surface area contributed by atoms with Crippen molar-refractivity contribution in [2.24, 2.45) is 0 Å². The standard InChI is InChI=1S/C16H20ClN3/c1-2-18-10-12-7-8-13(9-14(12)17)20-11-19-15-5-3-4-6-16(15)20/h7-9,11,18H,2-6,10H2,1H3. The minimum atomic E-state index is 0.817. The first-order chi connectivity index (χ1) is 9.79. The molecule has 3 rings (SSSR count). The van der Waals surface area contributed by atoms with Gasteiger partial charge in [0.05, 0.1) is 12.0 Å². The van der Waals surface area contributed by atoms with Crippen LogP contribution in [0.15, 0.2) is 24.5 Å². The molecule has 0 unspecified atom stereocenters. The molecule has 0 fully saturated rings. The van der Waals surface area contributed by atoms with Crippen LogP contribution in [0, 0.1) is 0 Å². The number of halogens is 1. The van der Waals surface area contributed by atoms with Crippen molar-refractivity contribution in [3.8, 4) is 5.69 Å². The predicted molar refractivity (Wildman–Crippen MR) is 82.6 cm³/mol. The van der Waals surface area contributed by atoms with Crippen LogP contribution in [-0.2, 0) is 19.4 Å². The van der Waals surface area contributed by atoms with Crippen LogP contribution in [0.4, 0.5) is 0 Å². The molecule has 0 atom stereocenters. The molecule has 1 heterocycles. The fourth-order valence-electron chi connectivity index (χ4n) is 2.78. The summed E-state index contributed by atoms with van der Waals surface area (Å²) in [6.45, 7) is 3.87. The normalized spacial score (nSPS) is 14.3. The molecule has 0 saturated carbocycles. The number of hydrogen-bond donors (Lipinski definition) is 1. The minimum Gasteiger partial charge on any atom is -0.313 e. The lowest BCUT2D eigenvalue weighted by atomic mass is 10.0. The van der Waals surface area contributed by atoms with Crippen molar-refractivity contribution in [3.05, 3.63) is 46.5 Å². The van der Waals surface area contributed by atoms with Gasteiger partial charge in [0.25, 0.3) is 0 Å². The van der Waals surface area contributed by atoms with Gasteiger partial charge in [0.15, 0.2) is 0 Å². The van der Waals surface area contributed by atoms with E-state index in [2.05, 4.69) is 33.9 Å². The fourth-order valence-corrected chi connectivity index (χ4v) is 3.02. The molecule has 0 spiro atoms. The SMILES string of the molecule is CCNCc1ccc(-n2cnc3c2CCCC3)cc1Cl. The first-order valence-electron chi connectivity index (χ1n) is 7.34. The Balaban J connectivity index is 1.91. The monoisotopic (exact) mass is 289 g/mol. The molecule has 1 N–H and O–H groups in total. The highest BCUT2D eigenvalue weighted by molar-refractivity contribution is 6.31. The van der Waals surface area contributed by atoms with E-state index in [0.717, 1.165) is 42.2 Å². The zero-order valence-electron chi connectivity index (χ0n) is 11.8. The highest BCUT2D eigenvalue weighted by Gasteiger charge is 2.16. The van der Waals surface area contributed by atoms with Gasteiger partial charge in [-0.05, 0) is 49.9 Å². The number of imidazole rings is 1. The van der Waals surface area contributed by atoms with E-state index in [1.165, 1.54) is 24.2 Å². The maximum Gasteiger partial charge on any atom is 0.0997 e. The highest BCUT2D eigenvalue weighted by atomic mass is 35.5. The van der Waals surface area contributed by atoms with Crippen LogP contribution in [0.25, 0.3) is 5.69 Å². The van der Waals surface area contributed by atoms with Gasteiger partial charge in [0.1, 0.15) is 0 Å². The average molecular weight is 290 g/mol. The summed E-state index contributed by atoms with van der Waals surface area (Å²) in [7, 11) is 0. The second-order valence-electron chi connectivity index (χ2n) is 5.27. The third kappa shape index (κ3) is 2.60. The Morgan fingerprint density at radius 3 is 2.95 bits per heavy atom. The van der Waals surface area contributed by atoms with Crippen LogP contribution in [-0.4, -0.2) is 16.1 Å². The number of hydrogen-bond acceptors (Lipinski definition) is 2. The largest absolute Gasteiger partial charge is 0.313 e. The van der Waals surface area contributed by atoms with Gasteiger partial charge in [0, 0.05) is 22.9 Å². The molecule has 0 amide bonds. The van der Waals surface area contributed by atoms with Crippen molar-refractivity contribution < 1.29 is 0 Å². The lowest BCUT2D eigenvalue weighted by Crippen LogP contribution is -2.12. The molecular formula is C16H20ClN3. The third-order valence-electron chi connectivity index (χ3n) is 3.91. The van der Waals surface area contributed by atoms with E-state index < -0.39 is 0 Å². The Bertz CT molecular complexity index is 604. The molecule has 3 nitrogen and oxygen atoms in total. The first kappa shape index (κ1) is 13.7. The van der Waals surface area contributed by atoms with Crippen molar-refractivity contribution >= 4 is 11.6 Å². The van der Waals surface area contributed by atoms with Gasteiger partial charge in [0.2, 0.25) is 0 Å². The number of nitrogens with one attached hydrogen (secondary N) is 1. The van der Waals surface area contributed by atoms with Crippen LogP contribution in [0.1, 0.15) is 36.7 Å². The Labute approximate surface area is 125 Å². The van der Waals surface area contributed by atoms with Gasteiger partial charge in [-0.3, -0.25) is 0 Å². The van der Waals surface area contributed by atoms with Gasteiger partial charge in [-0.25, -0.2) is 4.98 Å². The smallest absolute Gasteiger partial charge is 0.0997 e. The van der Waals surface area contributed by atoms with Crippen molar-refractivity contribution in [2.45, 2.75) is 39.2 Å². The van der Waals surface area contributed by atoms with Crippen molar-refractivity contribution in [1.82, 2.24) is 14.9 Å². The zero-order chi connectivity index (χ0) is 13.9. The van der Waals surface area contributed by atoms with E-state index in [0.29, 0.717) is 0 Å². The van der Waals surface area contributed by atoms with Crippen LogP contribution in [0.5, 0.6) is 0 Å². The van der Waals surface area contributed by atoms with E-state index in [4.69, 9.17) is 11.6 Å². The molecule has 2 aromatic rings. The van der Waals surface area contributed by atoms with Crippen molar-refractivity contribution in [1.29, 1.82) is 0 Å². The van der Waals surface area contributed by atoms with Crippen LogP contribution < -0.4 is 5.32 Å². The first-order valence-corrected chi connectivity index (χ1v) is 7.72. The lowest BCUT2D eigenvalue weighted by Gasteiger charge is -2.15. The van der Waals surface area contributed by atoms with Crippen LogP contribution >= 0.6 is 11.6 Å². The Morgan fingerprint density at radius 2 is 2.15 bits per heavy atom. The topological polar surface area (TPSA) is 29.9 Å². The molecule has 1 aliphatic rings. The van der Waals surface area contributed by atoms with Gasteiger partial charge >= 0.3 is 0 Å². The number of aryl methyl sites for hydroxylation is 1. The minimum absolute atomic E-state index is 0.817. The second-order valence-corrected chi connectivity index (χ2v) is 5.68.